The van der Waals surface area contributed by atoms with Gasteiger partial charge in [-0.3, -0.25) is 4.79 Å². The van der Waals surface area contributed by atoms with Crippen LogP contribution in [0.4, 0.5) is 26.3 Å². The second-order valence-electron chi connectivity index (χ2n) is 6.61. The first-order valence-electron chi connectivity index (χ1n) is 8.97. The van der Waals surface area contributed by atoms with Crippen LogP contribution in [-0.2, 0) is 15.7 Å². The summed E-state index contributed by atoms with van der Waals surface area (Å²) in [6, 6.07) is 4.34. The molecular weight excluding hydrogens is 414 g/mol. The first-order valence-corrected chi connectivity index (χ1v) is 8.97. The first-order chi connectivity index (χ1) is 13.9. The van der Waals surface area contributed by atoms with Gasteiger partial charge in [-0.1, -0.05) is 18.7 Å². The van der Waals surface area contributed by atoms with E-state index in [9.17, 15) is 31.1 Å². The Morgan fingerprint density at radius 3 is 2.27 bits per heavy atom. The number of benzene rings is 1. The third-order valence-electron chi connectivity index (χ3n) is 4.34. The molecule has 0 radical (unpaired) electrons. The summed E-state index contributed by atoms with van der Waals surface area (Å²) in [4.78, 5) is 17.5. The van der Waals surface area contributed by atoms with Crippen molar-refractivity contribution in [3.8, 4) is 0 Å². The van der Waals surface area contributed by atoms with Crippen LogP contribution < -0.4 is 0 Å². The van der Waals surface area contributed by atoms with Crippen LogP contribution in [-0.4, -0.2) is 36.5 Å². The molecule has 0 spiro atoms. The fraction of sp³-hybridized carbons (Fsp3) is 0.400. The zero-order chi connectivity index (χ0) is 22.5. The minimum absolute atomic E-state index is 0.125. The van der Waals surface area contributed by atoms with Gasteiger partial charge in [-0.25, -0.2) is 4.99 Å². The molecule has 0 aliphatic carbocycles. The summed E-state index contributed by atoms with van der Waals surface area (Å²) < 4.78 is 80.0. The number of hydrogen-bond donors (Lipinski definition) is 0. The van der Waals surface area contributed by atoms with Crippen LogP contribution >= 0.6 is 0 Å². The molecule has 0 saturated heterocycles. The van der Waals surface area contributed by atoms with E-state index in [2.05, 4.69) is 16.3 Å². The number of esters is 1. The predicted molar refractivity (Wildman–Crippen MR) is 99.2 cm³/mol. The number of halogens is 6. The Morgan fingerprint density at radius 1 is 1.10 bits per heavy atom. The van der Waals surface area contributed by atoms with Crippen LogP contribution in [0.1, 0.15) is 36.8 Å². The van der Waals surface area contributed by atoms with Crippen LogP contribution in [0.25, 0.3) is 5.70 Å². The van der Waals surface area contributed by atoms with Crippen molar-refractivity contribution < 1.29 is 35.9 Å². The highest BCUT2D eigenvalue weighted by atomic mass is 19.4. The Labute approximate surface area is 169 Å². The second kappa shape index (κ2) is 9.36. The SMILES string of the molecule is C=C1C=C(c2ccc(C(F)(F)F)cc2)N=C(CCCCC(F)(F)F)N1CC(=O)OC. The number of unbranched alkanes of at least 4 members (excludes halogenated alkanes) is 1. The highest BCUT2D eigenvalue weighted by Crippen LogP contribution is 2.32. The second-order valence-corrected chi connectivity index (χ2v) is 6.61. The molecule has 0 amide bonds. The van der Waals surface area contributed by atoms with Gasteiger partial charge in [-0.05, 0) is 31.1 Å². The molecule has 0 bridgehead atoms. The molecular formula is C20H20F6N2O2. The molecule has 0 fully saturated rings. The fourth-order valence-electron chi connectivity index (χ4n) is 2.80. The van der Waals surface area contributed by atoms with E-state index in [0.717, 1.165) is 12.1 Å². The molecule has 10 heteroatoms. The lowest BCUT2D eigenvalue weighted by Crippen LogP contribution is -2.36. The van der Waals surface area contributed by atoms with Gasteiger partial charge in [0.25, 0.3) is 0 Å². The summed E-state index contributed by atoms with van der Waals surface area (Å²) in [5, 5.41) is 0. The van der Waals surface area contributed by atoms with Crippen LogP contribution in [0.3, 0.4) is 0 Å². The monoisotopic (exact) mass is 434 g/mol. The van der Waals surface area contributed by atoms with E-state index in [0.29, 0.717) is 22.8 Å². The third kappa shape index (κ3) is 6.64. The molecule has 4 nitrogen and oxygen atoms in total. The Balaban J connectivity index is 2.24. The summed E-state index contributed by atoms with van der Waals surface area (Å²) in [7, 11) is 1.19. The summed E-state index contributed by atoms with van der Waals surface area (Å²) in [6.45, 7) is 3.60. The molecule has 1 aromatic carbocycles. The molecule has 0 atom stereocenters. The molecule has 0 aromatic heterocycles. The molecule has 0 unspecified atom stereocenters. The van der Waals surface area contributed by atoms with Crippen LogP contribution in [0.2, 0.25) is 0 Å². The van der Waals surface area contributed by atoms with Crippen molar-refractivity contribution in [2.24, 2.45) is 4.99 Å². The van der Waals surface area contributed by atoms with Gasteiger partial charge in [-0.2, -0.15) is 26.3 Å². The molecule has 1 aromatic rings. The van der Waals surface area contributed by atoms with E-state index in [1.54, 1.807) is 0 Å². The number of carbonyl (C=O) groups excluding carboxylic acids is 1. The van der Waals surface area contributed by atoms with Crippen LogP contribution in [0.15, 0.2) is 47.6 Å². The van der Waals surface area contributed by atoms with E-state index in [-0.39, 0.29) is 25.8 Å². The maximum absolute atomic E-state index is 12.8. The third-order valence-corrected chi connectivity index (χ3v) is 4.34. The minimum atomic E-state index is -4.48. The minimum Gasteiger partial charge on any atom is -0.468 e. The van der Waals surface area contributed by atoms with E-state index in [1.165, 1.54) is 30.2 Å². The summed E-state index contributed by atoms with van der Waals surface area (Å²) in [6.07, 6.45) is -8.04. The molecule has 1 heterocycles. The average molecular weight is 434 g/mol. The number of aliphatic imine (C=N–C) groups is 1. The zero-order valence-corrected chi connectivity index (χ0v) is 16.1. The smallest absolute Gasteiger partial charge is 0.416 e. The largest absolute Gasteiger partial charge is 0.468 e. The Morgan fingerprint density at radius 2 is 1.73 bits per heavy atom. The average Bonchev–Trinajstić information content (AvgIpc) is 2.65. The van der Waals surface area contributed by atoms with Gasteiger partial charge in [-0.15, -0.1) is 0 Å². The zero-order valence-electron chi connectivity index (χ0n) is 16.1. The number of allylic oxidation sites excluding steroid dienone is 1. The number of methoxy groups -OCH3 is 1. The van der Waals surface area contributed by atoms with Gasteiger partial charge in [0, 0.05) is 24.1 Å². The van der Waals surface area contributed by atoms with Crippen molar-refractivity contribution in [3.63, 3.8) is 0 Å². The lowest BCUT2D eigenvalue weighted by atomic mass is 10.1. The van der Waals surface area contributed by atoms with Gasteiger partial charge >= 0.3 is 18.3 Å². The number of alkyl halides is 6. The number of amidine groups is 1. The van der Waals surface area contributed by atoms with Crippen molar-refractivity contribution in [3.05, 3.63) is 53.7 Å². The van der Waals surface area contributed by atoms with Crippen LogP contribution in [0.5, 0.6) is 0 Å². The summed E-state index contributed by atoms with van der Waals surface area (Å²) in [5.74, 6) is -0.296. The standard InChI is InChI=1S/C20H20F6N2O2/c1-13-11-16(14-6-8-15(9-7-14)20(24,25)26)27-17(28(13)12-18(29)30-2)5-3-4-10-19(21,22)23/h6-9,11H,1,3-5,10,12H2,2H3. The summed E-state index contributed by atoms with van der Waals surface area (Å²) >= 11 is 0. The molecule has 0 saturated carbocycles. The number of nitrogens with zero attached hydrogens (tertiary/aromatic N) is 2. The van der Waals surface area contributed by atoms with Crippen molar-refractivity contribution in [2.45, 2.75) is 38.0 Å². The van der Waals surface area contributed by atoms with Crippen molar-refractivity contribution in [1.82, 2.24) is 4.90 Å². The van der Waals surface area contributed by atoms with E-state index >= 15 is 0 Å². The Bertz CT molecular complexity index is 838. The van der Waals surface area contributed by atoms with Gasteiger partial charge in [0.1, 0.15) is 12.4 Å². The summed E-state index contributed by atoms with van der Waals surface area (Å²) in [5.41, 5.74) is 0.205. The lowest BCUT2D eigenvalue weighted by Gasteiger charge is -2.29. The van der Waals surface area contributed by atoms with E-state index in [4.69, 9.17) is 0 Å². The first kappa shape index (κ1) is 23.5. The molecule has 2 rings (SSSR count). The van der Waals surface area contributed by atoms with Crippen molar-refractivity contribution in [2.75, 3.05) is 13.7 Å². The Kier molecular flexibility index (Phi) is 7.33. The van der Waals surface area contributed by atoms with Gasteiger partial charge in [0.05, 0.1) is 18.4 Å². The molecule has 0 N–H and O–H groups in total. The van der Waals surface area contributed by atoms with Gasteiger partial charge in [0.2, 0.25) is 0 Å². The Hall–Kier alpha value is -2.78. The quantitative estimate of drug-likeness (QED) is 0.320. The highest BCUT2D eigenvalue weighted by molar-refractivity contribution is 5.94. The normalized spacial score (nSPS) is 15.0. The number of rotatable bonds is 7. The number of hydrogen-bond acceptors (Lipinski definition) is 4. The highest BCUT2D eigenvalue weighted by Gasteiger charge is 2.30. The van der Waals surface area contributed by atoms with E-state index < -0.39 is 30.3 Å². The predicted octanol–water partition coefficient (Wildman–Crippen LogP) is 5.57. The van der Waals surface area contributed by atoms with Crippen molar-refractivity contribution in [1.29, 1.82) is 0 Å². The maximum Gasteiger partial charge on any atom is 0.416 e. The maximum atomic E-state index is 12.8. The number of ether oxygens (including phenoxy) is 1. The lowest BCUT2D eigenvalue weighted by molar-refractivity contribution is -0.140. The molecule has 1 aliphatic rings. The molecule has 30 heavy (non-hydrogen) atoms. The van der Waals surface area contributed by atoms with E-state index in [1.807, 2.05) is 0 Å². The molecule has 164 valence electrons. The van der Waals surface area contributed by atoms with Crippen molar-refractivity contribution >= 4 is 17.5 Å². The molecule has 1 aliphatic heterocycles. The number of carbonyl (C=O) groups is 1. The van der Waals surface area contributed by atoms with Crippen LogP contribution in [0, 0.1) is 0 Å². The van der Waals surface area contributed by atoms with Gasteiger partial charge < -0.3 is 9.64 Å². The topological polar surface area (TPSA) is 41.9 Å². The van der Waals surface area contributed by atoms with Gasteiger partial charge in [0.15, 0.2) is 0 Å². The fourth-order valence-corrected chi connectivity index (χ4v) is 2.80.